The molecule has 1 N–H and O–H groups in total. The molecule has 0 atom stereocenters. The van der Waals surface area contributed by atoms with Gasteiger partial charge in [-0.25, -0.2) is 0 Å². The third-order valence-corrected chi connectivity index (χ3v) is 4.77. The first kappa shape index (κ1) is 18.4. The lowest BCUT2D eigenvalue weighted by Gasteiger charge is -2.21. The average Bonchev–Trinajstić information content (AvgIpc) is 2.79. The van der Waals surface area contributed by atoms with E-state index in [4.69, 9.17) is 0 Å². The highest BCUT2D eigenvalue weighted by Gasteiger charge is 2.20. The Labute approximate surface area is 168 Å². The van der Waals surface area contributed by atoms with Crippen LogP contribution in [0, 0.1) is 10.1 Å². The van der Waals surface area contributed by atoms with Crippen LogP contribution >= 0.6 is 0 Å². The molecule has 0 aliphatic heterocycles. The van der Waals surface area contributed by atoms with Crippen molar-refractivity contribution >= 4 is 11.4 Å². The quantitative estimate of drug-likeness (QED) is 0.336. The third kappa shape index (κ3) is 4.14. The molecule has 1 aromatic heterocycles. The van der Waals surface area contributed by atoms with E-state index in [-0.39, 0.29) is 16.7 Å². The summed E-state index contributed by atoms with van der Waals surface area (Å²) >= 11 is 0. The topological polar surface area (TPSA) is 68.1 Å². The first-order valence-corrected chi connectivity index (χ1v) is 9.27. The Hall–Kier alpha value is -3.99. The van der Waals surface area contributed by atoms with Gasteiger partial charge in [-0.3, -0.25) is 15.1 Å². The predicted molar refractivity (Wildman–Crippen MR) is 115 cm³/mol. The Morgan fingerprint density at radius 3 is 1.90 bits per heavy atom. The van der Waals surface area contributed by atoms with Crippen LogP contribution in [-0.4, -0.2) is 9.91 Å². The van der Waals surface area contributed by atoms with Gasteiger partial charge < -0.3 is 5.32 Å². The second-order valence-corrected chi connectivity index (χ2v) is 6.62. The Bertz CT molecular complexity index is 1060. The van der Waals surface area contributed by atoms with Gasteiger partial charge in [-0.1, -0.05) is 60.7 Å². The summed E-state index contributed by atoms with van der Waals surface area (Å²) in [7, 11) is 0. The van der Waals surface area contributed by atoms with Crippen LogP contribution in [0.5, 0.6) is 0 Å². The van der Waals surface area contributed by atoms with Gasteiger partial charge in [-0.15, -0.1) is 0 Å². The van der Waals surface area contributed by atoms with Gasteiger partial charge in [0.15, 0.2) is 0 Å². The fourth-order valence-electron chi connectivity index (χ4n) is 3.34. The molecule has 4 aromatic rings. The van der Waals surface area contributed by atoms with Gasteiger partial charge in [0.2, 0.25) is 0 Å². The number of pyridine rings is 1. The van der Waals surface area contributed by atoms with Gasteiger partial charge in [0.25, 0.3) is 5.69 Å². The van der Waals surface area contributed by atoms with Crippen molar-refractivity contribution < 1.29 is 4.92 Å². The minimum atomic E-state index is -0.355. The van der Waals surface area contributed by atoms with Crippen molar-refractivity contribution in [1.82, 2.24) is 4.98 Å². The van der Waals surface area contributed by atoms with E-state index in [1.54, 1.807) is 24.5 Å². The van der Waals surface area contributed by atoms with Crippen LogP contribution in [0.1, 0.15) is 17.2 Å². The molecule has 0 bridgehead atoms. The molecule has 0 saturated carbocycles. The van der Waals surface area contributed by atoms with Crippen LogP contribution in [-0.2, 0) is 0 Å². The molecule has 29 heavy (non-hydrogen) atoms. The van der Waals surface area contributed by atoms with E-state index in [9.17, 15) is 10.1 Å². The van der Waals surface area contributed by atoms with Crippen molar-refractivity contribution in [2.24, 2.45) is 0 Å². The Kier molecular flexibility index (Phi) is 5.29. The molecule has 0 saturated heterocycles. The maximum Gasteiger partial charge on any atom is 0.292 e. The van der Waals surface area contributed by atoms with E-state index in [0.29, 0.717) is 5.69 Å². The molecule has 4 rings (SSSR count). The summed E-state index contributed by atoms with van der Waals surface area (Å²) in [5, 5.41) is 15.1. The van der Waals surface area contributed by atoms with Crippen LogP contribution in [0.2, 0.25) is 0 Å². The first-order valence-electron chi connectivity index (χ1n) is 9.27. The molecule has 0 radical (unpaired) electrons. The maximum atomic E-state index is 11.7. The number of rotatable bonds is 6. The van der Waals surface area contributed by atoms with E-state index in [1.165, 1.54) is 0 Å². The Morgan fingerprint density at radius 2 is 1.34 bits per heavy atom. The summed E-state index contributed by atoms with van der Waals surface area (Å²) in [6.07, 6.45) is 3.42. The Balaban J connectivity index is 1.80. The second-order valence-electron chi connectivity index (χ2n) is 6.62. The Morgan fingerprint density at radius 1 is 0.759 bits per heavy atom. The molecule has 1 heterocycles. The fourth-order valence-corrected chi connectivity index (χ4v) is 3.34. The number of anilines is 1. The lowest BCUT2D eigenvalue weighted by atomic mass is 9.97. The summed E-state index contributed by atoms with van der Waals surface area (Å²) in [5.41, 5.74) is 4.42. The molecule has 0 amide bonds. The highest BCUT2D eigenvalue weighted by molar-refractivity contribution is 5.74. The SMILES string of the molecule is O=[N+]([O-])c1ccc(-c2ccncc2)cc1NC(c1ccccc1)c1ccccc1. The average molecular weight is 381 g/mol. The summed E-state index contributed by atoms with van der Waals surface area (Å²) in [6, 6.07) is 28.5. The fraction of sp³-hybridized carbons (Fsp3) is 0.0417. The third-order valence-electron chi connectivity index (χ3n) is 4.77. The molecule has 3 aromatic carbocycles. The second kappa shape index (κ2) is 8.35. The van der Waals surface area contributed by atoms with Crippen LogP contribution in [0.15, 0.2) is 103 Å². The van der Waals surface area contributed by atoms with Crippen LogP contribution in [0.3, 0.4) is 0 Å². The smallest absolute Gasteiger partial charge is 0.292 e. The zero-order chi connectivity index (χ0) is 20.1. The number of nitro benzene ring substituents is 1. The number of hydrogen-bond donors (Lipinski definition) is 1. The minimum Gasteiger partial charge on any atom is -0.369 e. The van der Waals surface area contributed by atoms with Gasteiger partial charge in [-0.2, -0.15) is 0 Å². The first-order chi connectivity index (χ1) is 14.2. The van der Waals surface area contributed by atoms with E-state index in [1.807, 2.05) is 78.9 Å². The van der Waals surface area contributed by atoms with Crippen LogP contribution in [0.25, 0.3) is 11.1 Å². The van der Waals surface area contributed by atoms with Gasteiger partial charge in [0.05, 0.1) is 11.0 Å². The van der Waals surface area contributed by atoms with Gasteiger partial charge in [0.1, 0.15) is 5.69 Å². The maximum absolute atomic E-state index is 11.7. The van der Waals surface area contributed by atoms with Crippen LogP contribution in [0.4, 0.5) is 11.4 Å². The summed E-state index contributed by atoms with van der Waals surface area (Å²) in [5.74, 6) is 0. The van der Waals surface area contributed by atoms with Gasteiger partial charge >= 0.3 is 0 Å². The van der Waals surface area contributed by atoms with Gasteiger partial charge in [0, 0.05) is 18.5 Å². The lowest BCUT2D eigenvalue weighted by molar-refractivity contribution is -0.384. The van der Waals surface area contributed by atoms with E-state index >= 15 is 0 Å². The van der Waals surface area contributed by atoms with Crippen molar-refractivity contribution in [3.8, 4) is 11.1 Å². The minimum absolute atomic E-state index is 0.0414. The summed E-state index contributed by atoms with van der Waals surface area (Å²) in [4.78, 5) is 15.4. The molecule has 5 heteroatoms. The van der Waals surface area contributed by atoms with E-state index in [0.717, 1.165) is 22.3 Å². The van der Waals surface area contributed by atoms with Crippen molar-refractivity contribution in [2.75, 3.05) is 5.32 Å². The van der Waals surface area contributed by atoms with Crippen molar-refractivity contribution in [2.45, 2.75) is 6.04 Å². The summed E-state index contributed by atoms with van der Waals surface area (Å²) in [6.45, 7) is 0. The molecule has 0 aliphatic carbocycles. The van der Waals surface area contributed by atoms with Crippen molar-refractivity contribution in [1.29, 1.82) is 0 Å². The predicted octanol–water partition coefficient (Wildman–Crippen LogP) is 5.86. The van der Waals surface area contributed by atoms with Crippen LogP contribution < -0.4 is 5.32 Å². The largest absolute Gasteiger partial charge is 0.369 e. The van der Waals surface area contributed by atoms with E-state index < -0.39 is 0 Å². The highest BCUT2D eigenvalue weighted by atomic mass is 16.6. The van der Waals surface area contributed by atoms with Gasteiger partial charge in [-0.05, 0) is 46.5 Å². The molecule has 0 fully saturated rings. The zero-order valence-corrected chi connectivity index (χ0v) is 15.6. The normalized spacial score (nSPS) is 10.7. The monoisotopic (exact) mass is 381 g/mol. The molecule has 0 unspecified atom stereocenters. The lowest BCUT2D eigenvalue weighted by Crippen LogP contribution is -2.13. The zero-order valence-electron chi connectivity index (χ0n) is 15.6. The number of nitrogens with zero attached hydrogens (tertiary/aromatic N) is 2. The number of nitro groups is 1. The number of hydrogen-bond acceptors (Lipinski definition) is 4. The highest BCUT2D eigenvalue weighted by Crippen LogP contribution is 2.35. The summed E-state index contributed by atoms with van der Waals surface area (Å²) < 4.78 is 0. The number of aromatic nitrogens is 1. The molecule has 5 nitrogen and oxygen atoms in total. The molecular weight excluding hydrogens is 362 g/mol. The standard InChI is InChI=1S/C24H19N3O2/c28-27(29)23-12-11-21(18-13-15-25-16-14-18)17-22(23)26-24(19-7-3-1-4-8-19)20-9-5-2-6-10-20/h1-17,24,26H. The number of nitrogens with one attached hydrogen (secondary N) is 1. The van der Waals surface area contributed by atoms with Crippen molar-refractivity contribution in [3.63, 3.8) is 0 Å². The molecular formula is C24H19N3O2. The molecule has 142 valence electrons. The number of benzene rings is 3. The van der Waals surface area contributed by atoms with Crippen molar-refractivity contribution in [3.05, 3.63) is 125 Å². The molecule has 0 aliphatic rings. The van der Waals surface area contributed by atoms with E-state index in [2.05, 4.69) is 10.3 Å². The molecule has 0 spiro atoms.